The lowest BCUT2D eigenvalue weighted by molar-refractivity contribution is 1.02. The third-order valence-corrected chi connectivity index (χ3v) is 5.04. The van der Waals surface area contributed by atoms with Gasteiger partial charge in [-0.3, -0.25) is 0 Å². The zero-order valence-electron chi connectivity index (χ0n) is 15.7. The average Bonchev–Trinajstić information content (AvgIpc) is 3.18. The van der Waals surface area contributed by atoms with Crippen molar-refractivity contribution in [2.45, 2.75) is 6.92 Å². The molecule has 5 heteroatoms. The van der Waals surface area contributed by atoms with Gasteiger partial charge in [0.25, 0.3) is 5.78 Å². The van der Waals surface area contributed by atoms with Crippen LogP contribution in [0.5, 0.6) is 0 Å². The fraction of sp³-hybridized carbons (Fsp3) is 0.0870. The average molecular weight is 365 g/mol. The molecule has 0 N–H and O–H groups in total. The molecule has 0 amide bonds. The van der Waals surface area contributed by atoms with E-state index in [1.807, 2.05) is 40.7 Å². The van der Waals surface area contributed by atoms with Gasteiger partial charge in [-0.05, 0) is 36.2 Å². The molecule has 0 fully saturated rings. The zero-order valence-corrected chi connectivity index (χ0v) is 15.7. The van der Waals surface area contributed by atoms with Crippen molar-refractivity contribution >= 4 is 28.3 Å². The highest BCUT2D eigenvalue weighted by Gasteiger charge is 2.15. The van der Waals surface area contributed by atoms with Crippen LogP contribution in [0, 0.1) is 6.92 Å². The smallest absolute Gasteiger partial charge is 0.256 e. The van der Waals surface area contributed by atoms with Crippen molar-refractivity contribution in [3.8, 4) is 11.1 Å². The molecule has 5 rings (SSSR count). The summed E-state index contributed by atoms with van der Waals surface area (Å²) in [4.78, 5) is 6.49. The van der Waals surface area contributed by atoms with Gasteiger partial charge in [0.15, 0.2) is 0 Å². The van der Waals surface area contributed by atoms with Crippen LogP contribution in [0.15, 0.2) is 79.0 Å². The Labute approximate surface area is 162 Å². The standard InChI is InChI=1S/C23H19N5/c1-16-10-12-17(13-11-16)18-7-5-8-20(14-18)27(2)23-26-25-22-24-15-19-6-3-4-9-21(19)28(22)23/h3-15H,1-2H3. The Kier molecular flexibility index (Phi) is 3.79. The molecular weight excluding hydrogens is 346 g/mol. The summed E-state index contributed by atoms with van der Waals surface area (Å²) in [6.45, 7) is 2.10. The van der Waals surface area contributed by atoms with Gasteiger partial charge in [-0.1, -0.05) is 60.2 Å². The summed E-state index contributed by atoms with van der Waals surface area (Å²) in [6.07, 6.45) is 1.83. The summed E-state index contributed by atoms with van der Waals surface area (Å²) in [7, 11) is 2.01. The summed E-state index contributed by atoms with van der Waals surface area (Å²) < 4.78 is 1.99. The van der Waals surface area contributed by atoms with E-state index >= 15 is 0 Å². The van der Waals surface area contributed by atoms with Gasteiger partial charge in [0.05, 0.1) is 5.52 Å². The Morgan fingerprint density at radius 3 is 2.50 bits per heavy atom. The number of aryl methyl sites for hydroxylation is 1. The van der Waals surface area contributed by atoms with Crippen LogP contribution in [0.1, 0.15) is 5.56 Å². The number of anilines is 2. The minimum atomic E-state index is 0.593. The van der Waals surface area contributed by atoms with Crippen molar-refractivity contribution in [2.24, 2.45) is 0 Å². The van der Waals surface area contributed by atoms with Crippen LogP contribution in [0.25, 0.3) is 27.8 Å². The minimum Gasteiger partial charge on any atom is -0.313 e. The normalized spacial score (nSPS) is 11.2. The molecule has 0 aliphatic heterocycles. The number of para-hydroxylation sites is 1. The predicted octanol–water partition coefficient (Wildman–Crippen LogP) is 5.02. The van der Waals surface area contributed by atoms with E-state index in [4.69, 9.17) is 0 Å². The van der Waals surface area contributed by atoms with Crippen molar-refractivity contribution in [1.29, 1.82) is 0 Å². The maximum Gasteiger partial charge on any atom is 0.256 e. The number of fused-ring (bicyclic) bond motifs is 3. The van der Waals surface area contributed by atoms with E-state index in [1.54, 1.807) is 0 Å². The Morgan fingerprint density at radius 2 is 1.64 bits per heavy atom. The zero-order chi connectivity index (χ0) is 19.1. The first-order valence-corrected chi connectivity index (χ1v) is 9.20. The van der Waals surface area contributed by atoms with Crippen molar-refractivity contribution in [2.75, 3.05) is 11.9 Å². The van der Waals surface area contributed by atoms with E-state index in [2.05, 4.69) is 76.7 Å². The van der Waals surface area contributed by atoms with Crippen molar-refractivity contribution in [1.82, 2.24) is 19.6 Å². The van der Waals surface area contributed by atoms with Crippen LogP contribution in [-0.4, -0.2) is 26.6 Å². The first-order chi connectivity index (χ1) is 13.7. The molecule has 2 aromatic heterocycles. The van der Waals surface area contributed by atoms with Crippen LogP contribution < -0.4 is 4.90 Å². The third kappa shape index (κ3) is 2.68. The highest BCUT2D eigenvalue weighted by Crippen LogP contribution is 2.29. The van der Waals surface area contributed by atoms with E-state index in [0.29, 0.717) is 5.78 Å². The van der Waals surface area contributed by atoms with Gasteiger partial charge in [-0.25, -0.2) is 9.38 Å². The number of hydrogen-bond donors (Lipinski definition) is 0. The lowest BCUT2D eigenvalue weighted by Crippen LogP contribution is -2.13. The van der Waals surface area contributed by atoms with Gasteiger partial charge >= 0.3 is 0 Å². The topological polar surface area (TPSA) is 46.3 Å². The molecule has 3 aromatic carbocycles. The maximum absolute atomic E-state index is 4.44. The number of rotatable bonds is 3. The van der Waals surface area contributed by atoms with Crippen LogP contribution in [-0.2, 0) is 0 Å². The molecule has 0 unspecified atom stereocenters. The van der Waals surface area contributed by atoms with Crippen LogP contribution in [0.4, 0.5) is 11.6 Å². The second kappa shape index (κ2) is 6.46. The molecule has 0 aliphatic rings. The SMILES string of the molecule is Cc1ccc(-c2cccc(N(C)c3nnc4ncc5ccccc5n34)c2)cc1. The summed E-state index contributed by atoms with van der Waals surface area (Å²) in [5.74, 6) is 1.33. The molecule has 0 saturated carbocycles. The largest absolute Gasteiger partial charge is 0.313 e. The minimum absolute atomic E-state index is 0.593. The highest BCUT2D eigenvalue weighted by molar-refractivity contribution is 5.82. The van der Waals surface area contributed by atoms with Gasteiger partial charge < -0.3 is 4.90 Å². The molecule has 136 valence electrons. The molecule has 0 atom stereocenters. The Balaban J connectivity index is 1.62. The van der Waals surface area contributed by atoms with Crippen molar-refractivity contribution in [3.63, 3.8) is 0 Å². The van der Waals surface area contributed by atoms with Gasteiger partial charge in [0, 0.05) is 24.3 Å². The summed E-state index contributed by atoms with van der Waals surface area (Å²) in [5, 5.41) is 9.73. The Morgan fingerprint density at radius 1 is 0.821 bits per heavy atom. The summed E-state index contributed by atoms with van der Waals surface area (Å²) >= 11 is 0. The van der Waals surface area contributed by atoms with Crippen molar-refractivity contribution < 1.29 is 0 Å². The number of benzene rings is 3. The second-order valence-corrected chi connectivity index (χ2v) is 6.93. The van der Waals surface area contributed by atoms with Gasteiger partial charge in [-0.2, -0.15) is 0 Å². The highest BCUT2D eigenvalue weighted by atomic mass is 15.4. The quantitative estimate of drug-likeness (QED) is 0.450. The first-order valence-electron chi connectivity index (χ1n) is 9.20. The molecule has 0 radical (unpaired) electrons. The van der Waals surface area contributed by atoms with Crippen LogP contribution in [0.3, 0.4) is 0 Å². The van der Waals surface area contributed by atoms with E-state index in [-0.39, 0.29) is 0 Å². The number of hydrogen-bond acceptors (Lipinski definition) is 4. The molecule has 5 aromatic rings. The molecule has 0 saturated heterocycles. The summed E-state index contributed by atoms with van der Waals surface area (Å²) in [5.41, 5.74) is 5.70. The third-order valence-electron chi connectivity index (χ3n) is 5.04. The van der Waals surface area contributed by atoms with Crippen molar-refractivity contribution in [3.05, 3.63) is 84.6 Å². The number of aromatic nitrogens is 4. The lowest BCUT2D eigenvalue weighted by Gasteiger charge is -2.18. The molecular formula is C23H19N5. The van der Waals surface area contributed by atoms with E-state index in [9.17, 15) is 0 Å². The molecule has 28 heavy (non-hydrogen) atoms. The predicted molar refractivity (Wildman–Crippen MR) is 113 cm³/mol. The van der Waals surface area contributed by atoms with E-state index in [0.717, 1.165) is 22.5 Å². The van der Waals surface area contributed by atoms with Gasteiger partial charge in [-0.15, -0.1) is 10.2 Å². The molecule has 0 bridgehead atoms. The lowest BCUT2D eigenvalue weighted by atomic mass is 10.0. The molecule has 0 spiro atoms. The van der Waals surface area contributed by atoms with E-state index in [1.165, 1.54) is 16.7 Å². The van der Waals surface area contributed by atoms with Gasteiger partial charge in [0.2, 0.25) is 5.95 Å². The Hall–Kier alpha value is -3.73. The van der Waals surface area contributed by atoms with Crippen LogP contribution >= 0.6 is 0 Å². The van der Waals surface area contributed by atoms with Crippen LogP contribution in [0.2, 0.25) is 0 Å². The van der Waals surface area contributed by atoms with Gasteiger partial charge in [0.1, 0.15) is 0 Å². The Bertz CT molecular complexity index is 1290. The first kappa shape index (κ1) is 16.4. The number of nitrogens with zero attached hydrogens (tertiary/aromatic N) is 5. The maximum atomic E-state index is 4.44. The molecule has 2 heterocycles. The monoisotopic (exact) mass is 365 g/mol. The molecule has 0 aliphatic carbocycles. The fourth-order valence-electron chi connectivity index (χ4n) is 3.47. The fourth-order valence-corrected chi connectivity index (χ4v) is 3.47. The summed E-state index contributed by atoms with van der Waals surface area (Å²) in [6, 6.07) is 25.2. The molecule has 5 nitrogen and oxygen atoms in total. The second-order valence-electron chi connectivity index (χ2n) is 6.93. The van der Waals surface area contributed by atoms with E-state index < -0.39 is 0 Å².